The number of nitrogens with two attached hydrogens (primary N) is 1. The number of aromatic nitrogens is 5. The number of amides is 1. The Hall–Kier alpha value is -3.86. The molecular formula is C19H17N7O3S. The van der Waals surface area contributed by atoms with Crippen molar-refractivity contribution in [3.8, 4) is 22.8 Å². The molecule has 0 atom stereocenters. The normalized spacial score (nSPS) is 11.5. The third kappa shape index (κ3) is 3.82. The second kappa shape index (κ2) is 7.19. The number of nitrogens with zero attached hydrogens (tertiary/aromatic N) is 5. The van der Waals surface area contributed by atoms with Crippen molar-refractivity contribution in [1.29, 1.82) is 0 Å². The highest BCUT2D eigenvalue weighted by atomic mass is 32.2. The first-order chi connectivity index (χ1) is 14.2. The minimum atomic E-state index is -3.71. The molecule has 3 N–H and O–H groups in total. The van der Waals surface area contributed by atoms with Gasteiger partial charge in [-0.05, 0) is 37.3 Å². The molecule has 0 bridgehead atoms. The first-order valence-corrected chi connectivity index (χ1v) is 10.7. The van der Waals surface area contributed by atoms with Gasteiger partial charge >= 0.3 is 0 Å². The van der Waals surface area contributed by atoms with Gasteiger partial charge in [-0.15, -0.1) is 0 Å². The monoisotopic (exact) mass is 423 g/mol. The summed E-state index contributed by atoms with van der Waals surface area (Å²) in [6, 6.07) is 10.3. The van der Waals surface area contributed by atoms with E-state index in [0.29, 0.717) is 28.4 Å². The molecule has 152 valence electrons. The summed E-state index contributed by atoms with van der Waals surface area (Å²) in [6.07, 6.45) is 3.93. The molecule has 0 spiro atoms. The van der Waals surface area contributed by atoms with Gasteiger partial charge in [-0.3, -0.25) is 14.2 Å². The molecule has 0 saturated carbocycles. The molecule has 30 heavy (non-hydrogen) atoms. The van der Waals surface area contributed by atoms with Crippen LogP contribution in [0.2, 0.25) is 0 Å². The highest BCUT2D eigenvalue weighted by Gasteiger charge is 2.20. The minimum Gasteiger partial charge on any atom is -0.368 e. The van der Waals surface area contributed by atoms with E-state index < -0.39 is 15.9 Å². The van der Waals surface area contributed by atoms with Gasteiger partial charge in [-0.2, -0.15) is 0 Å². The average Bonchev–Trinajstić information content (AvgIpc) is 3.05. The lowest BCUT2D eigenvalue weighted by molar-refractivity contribution is 0.0981. The van der Waals surface area contributed by atoms with Crippen LogP contribution in [0, 0.1) is 6.92 Å². The zero-order chi connectivity index (χ0) is 21.5. The number of pyridine rings is 2. The molecule has 0 radical (unpaired) electrons. The molecule has 0 fully saturated rings. The van der Waals surface area contributed by atoms with Crippen molar-refractivity contribution in [3.63, 3.8) is 0 Å². The van der Waals surface area contributed by atoms with Crippen LogP contribution in [0.25, 0.3) is 28.4 Å². The lowest BCUT2D eigenvalue weighted by Gasteiger charge is -2.07. The summed E-state index contributed by atoms with van der Waals surface area (Å²) >= 11 is 0. The first-order valence-electron chi connectivity index (χ1n) is 8.78. The summed E-state index contributed by atoms with van der Waals surface area (Å²) < 4.78 is 26.5. The van der Waals surface area contributed by atoms with E-state index in [0.717, 1.165) is 11.9 Å². The number of nitrogen functional groups attached to an aromatic ring is 1. The minimum absolute atomic E-state index is 0.0802. The molecule has 0 saturated heterocycles. The van der Waals surface area contributed by atoms with Crippen molar-refractivity contribution in [3.05, 3.63) is 60.0 Å². The van der Waals surface area contributed by atoms with Gasteiger partial charge in [-0.1, -0.05) is 6.07 Å². The number of nitrogens with one attached hydrogen (secondary N) is 1. The summed E-state index contributed by atoms with van der Waals surface area (Å²) in [5, 5.41) is 0. The quantitative estimate of drug-likeness (QED) is 0.501. The topological polar surface area (TPSA) is 145 Å². The Morgan fingerprint density at radius 3 is 2.57 bits per heavy atom. The Balaban J connectivity index is 1.98. The first kappa shape index (κ1) is 19.5. The summed E-state index contributed by atoms with van der Waals surface area (Å²) in [5.41, 5.74) is 9.43. The molecule has 10 nitrogen and oxygen atoms in total. The number of anilines is 1. The summed E-state index contributed by atoms with van der Waals surface area (Å²) in [7, 11) is -3.71. The van der Waals surface area contributed by atoms with Crippen molar-refractivity contribution < 1.29 is 13.2 Å². The Labute approximate surface area is 171 Å². The number of hydrogen-bond acceptors (Lipinski definition) is 8. The Morgan fingerprint density at radius 1 is 1.07 bits per heavy atom. The molecule has 0 aliphatic carbocycles. The van der Waals surface area contributed by atoms with Crippen LogP contribution in [0.1, 0.15) is 16.1 Å². The van der Waals surface area contributed by atoms with Gasteiger partial charge in [0.1, 0.15) is 17.0 Å². The fraction of sp³-hybridized carbons (Fsp3) is 0.105. The van der Waals surface area contributed by atoms with E-state index in [9.17, 15) is 13.2 Å². The summed E-state index contributed by atoms with van der Waals surface area (Å²) in [5.74, 6) is -0.673. The standard InChI is InChI=1S/C19H17N7O3S/c1-11-4-3-5-13(22-11)16-17(14-8-9-21-19(20)23-14)26-10-12(6-7-15(26)24-16)18(27)25-30(2,28)29/h3-10H,1-2H3,(H,25,27)(H2,20,21,23). The van der Waals surface area contributed by atoms with Crippen LogP contribution in [-0.4, -0.2) is 44.9 Å². The van der Waals surface area contributed by atoms with Crippen LogP contribution in [0.5, 0.6) is 0 Å². The van der Waals surface area contributed by atoms with Gasteiger partial charge in [0.15, 0.2) is 0 Å². The number of rotatable bonds is 4. The highest BCUT2D eigenvalue weighted by Crippen LogP contribution is 2.31. The number of carbonyl (C=O) groups is 1. The lowest BCUT2D eigenvalue weighted by atomic mass is 10.1. The van der Waals surface area contributed by atoms with E-state index >= 15 is 0 Å². The van der Waals surface area contributed by atoms with Gasteiger partial charge in [0.2, 0.25) is 16.0 Å². The number of aryl methyl sites for hydroxylation is 1. The lowest BCUT2D eigenvalue weighted by Crippen LogP contribution is -2.29. The maximum Gasteiger partial charge on any atom is 0.266 e. The second-order valence-corrected chi connectivity index (χ2v) is 8.37. The molecule has 11 heteroatoms. The summed E-state index contributed by atoms with van der Waals surface area (Å²) in [4.78, 5) is 29.8. The van der Waals surface area contributed by atoms with Crippen LogP contribution in [0.4, 0.5) is 5.95 Å². The Morgan fingerprint density at radius 2 is 1.87 bits per heavy atom. The van der Waals surface area contributed by atoms with E-state index in [2.05, 4.69) is 19.9 Å². The van der Waals surface area contributed by atoms with E-state index in [-0.39, 0.29) is 11.5 Å². The van der Waals surface area contributed by atoms with Crippen LogP contribution in [-0.2, 0) is 10.0 Å². The maximum absolute atomic E-state index is 12.3. The maximum atomic E-state index is 12.3. The number of carbonyl (C=O) groups excluding carboxylic acids is 1. The van der Waals surface area contributed by atoms with E-state index in [1.54, 1.807) is 16.5 Å². The molecule has 0 aliphatic heterocycles. The van der Waals surface area contributed by atoms with Crippen LogP contribution < -0.4 is 10.5 Å². The molecule has 1 amide bonds. The Kier molecular flexibility index (Phi) is 4.66. The van der Waals surface area contributed by atoms with Crippen LogP contribution >= 0.6 is 0 Å². The van der Waals surface area contributed by atoms with Crippen molar-refractivity contribution in [2.45, 2.75) is 6.92 Å². The number of fused-ring (bicyclic) bond motifs is 1. The highest BCUT2D eigenvalue weighted by molar-refractivity contribution is 7.89. The summed E-state index contributed by atoms with van der Waals surface area (Å²) in [6.45, 7) is 1.87. The van der Waals surface area contributed by atoms with Gasteiger partial charge in [0, 0.05) is 18.1 Å². The molecule has 0 unspecified atom stereocenters. The largest absolute Gasteiger partial charge is 0.368 e. The van der Waals surface area contributed by atoms with Gasteiger partial charge in [0.25, 0.3) is 5.91 Å². The SMILES string of the molecule is Cc1cccc(-c2nc3ccc(C(=O)NS(C)(=O)=O)cn3c2-c2ccnc(N)n2)n1. The number of imidazole rings is 1. The molecule has 0 aromatic carbocycles. The van der Waals surface area contributed by atoms with Gasteiger partial charge < -0.3 is 5.73 Å². The van der Waals surface area contributed by atoms with Crippen molar-refractivity contribution >= 4 is 27.5 Å². The van der Waals surface area contributed by atoms with Gasteiger partial charge in [-0.25, -0.2) is 28.1 Å². The molecule has 0 aliphatic rings. The van der Waals surface area contributed by atoms with Crippen molar-refractivity contribution in [2.75, 3.05) is 12.0 Å². The fourth-order valence-corrected chi connectivity index (χ4v) is 3.46. The molecule has 4 heterocycles. The predicted molar refractivity (Wildman–Crippen MR) is 111 cm³/mol. The van der Waals surface area contributed by atoms with E-state index in [4.69, 9.17) is 5.73 Å². The molecule has 4 aromatic heterocycles. The van der Waals surface area contributed by atoms with Crippen LogP contribution in [0.15, 0.2) is 48.8 Å². The zero-order valence-corrected chi connectivity index (χ0v) is 16.9. The van der Waals surface area contributed by atoms with Crippen molar-refractivity contribution in [1.82, 2.24) is 29.1 Å². The zero-order valence-electron chi connectivity index (χ0n) is 16.1. The molecular weight excluding hydrogens is 406 g/mol. The second-order valence-electron chi connectivity index (χ2n) is 6.62. The average molecular weight is 423 g/mol. The Bertz CT molecular complexity index is 1400. The fourth-order valence-electron chi connectivity index (χ4n) is 3.01. The third-order valence-corrected chi connectivity index (χ3v) is 4.76. The number of sulfonamides is 1. The van der Waals surface area contributed by atoms with E-state index in [1.807, 2.05) is 29.8 Å². The smallest absolute Gasteiger partial charge is 0.266 e. The van der Waals surface area contributed by atoms with Gasteiger partial charge in [0.05, 0.1) is 23.2 Å². The van der Waals surface area contributed by atoms with Crippen LogP contribution in [0.3, 0.4) is 0 Å². The van der Waals surface area contributed by atoms with Crippen molar-refractivity contribution in [2.24, 2.45) is 0 Å². The third-order valence-electron chi connectivity index (χ3n) is 4.21. The van der Waals surface area contributed by atoms with E-state index in [1.165, 1.54) is 18.5 Å². The number of hydrogen-bond donors (Lipinski definition) is 2. The molecule has 4 aromatic rings. The molecule has 4 rings (SSSR count). The predicted octanol–water partition coefficient (Wildman–Crippen LogP) is 1.43.